The van der Waals surface area contributed by atoms with Gasteiger partial charge in [-0.05, 0) is 103 Å². The lowest BCUT2D eigenvalue weighted by Gasteiger charge is -2.53. The lowest BCUT2D eigenvalue weighted by molar-refractivity contribution is -0.147. The number of carbonyl (C=O) groups is 1. The summed E-state index contributed by atoms with van der Waals surface area (Å²) in [7, 11) is 3.54. The van der Waals surface area contributed by atoms with Crippen molar-refractivity contribution in [3.05, 3.63) is 101 Å². The van der Waals surface area contributed by atoms with Crippen LogP contribution in [-0.4, -0.2) is 49.3 Å². The summed E-state index contributed by atoms with van der Waals surface area (Å²) >= 11 is 0. The fourth-order valence-corrected chi connectivity index (χ4v) is 7.75. The molecule has 5 heteroatoms. The highest BCUT2D eigenvalue weighted by Gasteiger charge is 2.48. The van der Waals surface area contributed by atoms with E-state index < -0.39 is 0 Å². The van der Waals surface area contributed by atoms with Crippen molar-refractivity contribution in [2.45, 2.75) is 64.0 Å². The Labute approximate surface area is 245 Å². The SMILES string of the molecule is COC(=O)[C@H](Cc1ccccc1)N(C)C[C@@]1(C)CC[C@@H]2c3ccc(OCc4ccccc4)cc3CC[C@H]2[C@@H]1CCO. The second kappa shape index (κ2) is 13.2. The van der Waals surface area contributed by atoms with Crippen molar-refractivity contribution in [3.63, 3.8) is 0 Å². The third-order valence-corrected chi connectivity index (χ3v) is 9.79. The van der Waals surface area contributed by atoms with Crippen LogP contribution < -0.4 is 4.74 Å². The van der Waals surface area contributed by atoms with Gasteiger partial charge < -0.3 is 14.6 Å². The van der Waals surface area contributed by atoms with E-state index in [9.17, 15) is 9.90 Å². The molecule has 5 nitrogen and oxygen atoms in total. The number of methoxy groups -OCH3 is 1. The number of hydrogen-bond donors (Lipinski definition) is 1. The van der Waals surface area contributed by atoms with Crippen LogP contribution >= 0.6 is 0 Å². The molecule has 2 aliphatic rings. The summed E-state index contributed by atoms with van der Waals surface area (Å²) in [5.41, 5.74) is 5.17. The van der Waals surface area contributed by atoms with Crippen LogP contribution in [0.5, 0.6) is 5.75 Å². The molecule has 0 radical (unpaired) electrons. The van der Waals surface area contributed by atoms with Crippen LogP contribution in [0.3, 0.4) is 0 Å². The van der Waals surface area contributed by atoms with E-state index in [2.05, 4.69) is 61.3 Å². The Hall–Kier alpha value is -3.15. The van der Waals surface area contributed by atoms with Gasteiger partial charge in [0.2, 0.25) is 0 Å². The molecule has 0 unspecified atom stereocenters. The van der Waals surface area contributed by atoms with Crippen molar-refractivity contribution >= 4 is 5.97 Å². The number of nitrogens with zero attached hydrogens (tertiary/aromatic N) is 1. The minimum atomic E-state index is -0.340. The Balaban J connectivity index is 1.31. The van der Waals surface area contributed by atoms with E-state index in [1.165, 1.54) is 23.8 Å². The molecule has 1 N–H and O–H groups in total. The van der Waals surface area contributed by atoms with Gasteiger partial charge in [-0.15, -0.1) is 0 Å². The first-order chi connectivity index (χ1) is 19.9. The molecule has 1 fully saturated rings. The molecule has 5 atom stereocenters. The maximum atomic E-state index is 12.9. The third-order valence-electron chi connectivity index (χ3n) is 9.79. The fourth-order valence-electron chi connectivity index (χ4n) is 7.75. The van der Waals surface area contributed by atoms with E-state index in [-0.39, 0.29) is 24.0 Å². The van der Waals surface area contributed by atoms with Gasteiger partial charge in [0.05, 0.1) is 7.11 Å². The van der Waals surface area contributed by atoms with Gasteiger partial charge in [-0.2, -0.15) is 0 Å². The molecular formula is C36H45NO4. The van der Waals surface area contributed by atoms with Gasteiger partial charge in [-0.3, -0.25) is 9.69 Å². The van der Waals surface area contributed by atoms with E-state index in [1.807, 2.05) is 36.4 Å². The Bertz CT molecular complexity index is 1280. The van der Waals surface area contributed by atoms with Crippen molar-refractivity contribution in [1.29, 1.82) is 0 Å². The maximum absolute atomic E-state index is 12.9. The molecule has 0 bridgehead atoms. The summed E-state index contributed by atoms with van der Waals surface area (Å²) < 4.78 is 11.4. The normalized spacial score (nSPS) is 24.3. The lowest BCUT2D eigenvalue weighted by Crippen LogP contribution is -2.52. The molecule has 0 aliphatic heterocycles. The van der Waals surface area contributed by atoms with Crippen molar-refractivity contribution in [3.8, 4) is 5.75 Å². The van der Waals surface area contributed by atoms with Crippen LogP contribution in [0, 0.1) is 17.3 Å². The van der Waals surface area contributed by atoms with Gasteiger partial charge in [0, 0.05) is 13.2 Å². The summed E-state index contributed by atoms with van der Waals surface area (Å²) in [4.78, 5) is 15.1. The Morgan fingerprint density at radius 1 is 1.02 bits per heavy atom. The number of likely N-dealkylation sites (N-methyl/N-ethyl adjacent to an activating group) is 1. The molecule has 0 aromatic heterocycles. The highest BCUT2D eigenvalue weighted by atomic mass is 16.5. The second-order valence-electron chi connectivity index (χ2n) is 12.4. The molecule has 0 saturated heterocycles. The monoisotopic (exact) mass is 555 g/mol. The standard InChI is InChI=1S/C36H45NO4/c1-36(25-37(2)34(35(39)40-3)22-26-10-6-4-7-11-26)20-18-31-30-17-15-29(41-24-27-12-8-5-9-13-27)23-28(30)14-16-32(31)33(36)19-21-38/h4-13,15,17,23,31-34,38H,14,16,18-22,24-25H2,1-3H3/t31-,32-,33+,34+,36-/m1/s1. The van der Waals surface area contributed by atoms with Gasteiger partial charge in [0.25, 0.3) is 0 Å². The van der Waals surface area contributed by atoms with Gasteiger partial charge in [-0.25, -0.2) is 0 Å². The summed E-state index contributed by atoms with van der Waals surface area (Å²) in [5.74, 6) is 2.14. The van der Waals surface area contributed by atoms with E-state index in [1.54, 1.807) is 0 Å². The average Bonchev–Trinajstić information content (AvgIpc) is 3.00. The Kier molecular flexibility index (Phi) is 9.46. The number of hydrogen-bond acceptors (Lipinski definition) is 5. The zero-order valence-electron chi connectivity index (χ0n) is 24.8. The van der Waals surface area contributed by atoms with Crippen LogP contribution in [0.1, 0.15) is 60.8 Å². The summed E-state index contributed by atoms with van der Waals surface area (Å²) in [6.45, 7) is 3.95. The molecule has 0 spiro atoms. The maximum Gasteiger partial charge on any atom is 0.323 e. The third kappa shape index (κ3) is 6.68. The Morgan fingerprint density at radius 2 is 1.73 bits per heavy atom. The van der Waals surface area contributed by atoms with Gasteiger partial charge in [-0.1, -0.05) is 73.7 Å². The zero-order valence-corrected chi connectivity index (χ0v) is 24.8. The van der Waals surface area contributed by atoms with Crippen LogP contribution in [0.2, 0.25) is 0 Å². The number of aliphatic hydroxyl groups is 1. The van der Waals surface area contributed by atoms with E-state index in [0.717, 1.165) is 50.0 Å². The molecule has 41 heavy (non-hydrogen) atoms. The molecule has 218 valence electrons. The van der Waals surface area contributed by atoms with Gasteiger partial charge in [0.1, 0.15) is 18.4 Å². The predicted octanol–water partition coefficient (Wildman–Crippen LogP) is 6.43. The fraction of sp³-hybridized carbons (Fsp3) is 0.472. The quantitative estimate of drug-likeness (QED) is 0.277. The second-order valence-corrected chi connectivity index (χ2v) is 12.4. The topological polar surface area (TPSA) is 59.0 Å². The van der Waals surface area contributed by atoms with Crippen LogP contribution in [0.25, 0.3) is 0 Å². The first-order valence-corrected chi connectivity index (χ1v) is 15.1. The lowest BCUT2D eigenvalue weighted by atomic mass is 9.53. The molecule has 0 heterocycles. The summed E-state index contributed by atoms with van der Waals surface area (Å²) in [5, 5.41) is 10.2. The van der Waals surface area contributed by atoms with Crippen LogP contribution in [0.4, 0.5) is 0 Å². The molecule has 3 aromatic rings. The highest BCUT2D eigenvalue weighted by molar-refractivity contribution is 5.76. The minimum absolute atomic E-state index is 0.00214. The van der Waals surface area contributed by atoms with Gasteiger partial charge >= 0.3 is 5.97 Å². The van der Waals surface area contributed by atoms with Crippen molar-refractivity contribution in [2.24, 2.45) is 17.3 Å². The average molecular weight is 556 g/mol. The zero-order chi connectivity index (χ0) is 28.8. The first kappa shape index (κ1) is 29.3. The number of fused-ring (bicyclic) bond motifs is 3. The Morgan fingerprint density at radius 3 is 2.41 bits per heavy atom. The molecule has 2 aliphatic carbocycles. The molecular weight excluding hydrogens is 510 g/mol. The minimum Gasteiger partial charge on any atom is -0.489 e. The number of aliphatic hydroxyl groups excluding tert-OH is 1. The largest absolute Gasteiger partial charge is 0.489 e. The number of esters is 1. The molecule has 5 rings (SSSR count). The number of benzene rings is 3. The number of aryl methyl sites for hydroxylation is 1. The van der Waals surface area contributed by atoms with Crippen molar-refractivity contribution in [2.75, 3.05) is 27.3 Å². The van der Waals surface area contributed by atoms with Crippen LogP contribution in [0.15, 0.2) is 78.9 Å². The van der Waals surface area contributed by atoms with Crippen molar-refractivity contribution in [1.82, 2.24) is 4.90 Å². The van der Waals surface area contributed by atoms with Crippen LogP contribution in [-0.2, 0) is 29.0 Å². The van der Waals surface area contributed by atoms with E-state index in [4.69, 9.17) is 9.47 Å². The smallest absolute Gasteiger partial charge is 0.323 e. The number of ether oxygens (including phenoxy) is 2. The van der Waals surface area contributed by atoms with E-state index >= 15 is 0 Å². The van der Waals surface area contributed by atoms with Crippen molar-refractivity contribution < 1.29 is 19.4 Å². The highest BCUT2D eigenvalue weighted by Crippen LogP contribution is 2.56. The molecule has 1 saturated carbocycles. The first-order valence-electron chi connectivity index (χ1n) is 15.1. The van der Waals surface area contributed by atoms with E-state index in [0.29, 0.717) is 30.8 Å². The summed E-state index contributed by atoms with van der Waals surface area (Å²) in [6, 6.07) is 26.8. The molecule has 3 aromatic carbocycles. The number of carbonyl (C=O) groups excluding carboxylic acids is 1. The predicted molar refractivity (Wildman–Crippen MR) is 163 cm³/mol. The van der Waals surface area contributed by atoms with Gasteiger partial charge in [0.15, 0.2) is 0 Å². The number of rotatable bonds is 11. The summed E-state index contributed by atoms with van der Waals surface area (Å²) in [6.07, 6.45) is 5.75. The molecule has 0 amide bonds.